The van der Waals surface area contributed by atoms with Gasteiger partial charge in [-0.15, -0.1) is 0 Å². The topological polar surface area (TPSA) is 136 Å². The molecule has 0 saturated carbocycles. The first-order valence-corrected chi connectivity index (χ1v) is 2.40. The van der Waals surface area contributed by atoms with E-state index in [1.807, 2.05) is 0 Å². The molecule has 6 nitrogen and oxygen atoms in total. The molecule has 2 amide bonds. The van der Waals surface area contributed by atoms with Crippen molar-refractivity contribution in [2.75, 3.05) is 0 Å². The van der Waals surface area contributed by atoms with Crippen molar-refractivity contribution in [3.05, 3.63) is 0 Å². The average Bonchev–Trinajstić information content (AvgIpc) is 1.84. The Labute approximate surface area is 56.9 Å². The van der Waals surface area contributed by atoms with E-state index in [-0.39, 0.29) is 0 Å². The van der Waals surface area contributed by atoms with Crippen LogP contribution in [0.5, 0.6) is 0 Å². The lowest BCUT2D eigenvalue weighted by atomic mass is 10.2. The number of primary amides is 2. The highest BCUT2D eigenvalue weighted by atomic mass is 16.2. The van der Waals surface area contributed by atoms with Crippen molar-refractivity contribution in [3.8, 4) is 0 Å². The third-order valence-electron chi connectivity index (χ3n) is 0.883. The zero-order chi connectivity index (χ0) is 8.31. The number of nitrogens with one attached hydrogen (secondary N) is 1. The maximum Gasteiger partial charge on any atom is 0.264 e. The van der Waals surface area contributed by atoms with Gasteiger partial charge in [-0.1, -0.05) is 0 Å². The summed E-state index contributed by atoms with van der Waals surface area (Å²) in [6, 6.07) is -1.39. The van der Waals surface area contributed by atoms with Crippen LogP contribution in [0.15, 0.2) is 0 Å². The van der Waals surface area contributed by atoms with Gasteiger partial charge in [-0.3, -0.25) is 15.0 Å². The van der Waals surface area contributed by atoms with E-state index < -0.39 is 23.6 Å². The van der Waals surface area contributed by atoms with Crippen LogP contribution in [0.2, 0.25) is 0 Å². The van der Waals surface area contributed by atoms with Gasteiger partial charge in [-0.25, -0.2) is 0 Å². The number of carbonyl (C=O) groups excluding carboxylic acids is 2. The highest BCUT2D eigenvalue weighted by Crippen LogP contribution is 1.78. The van der Waals surface area contributed by atoms with Crippen molar-refractivity contribution >= 4 is 17.5 Å². The van der Waals surface area contributed by atoms with Gasteiger partial charge in [0, 0.05) is 0 Å². The predicted octanol–water partition coefficient (Wildman–Crippen LogP) is -2.70. The number of hydrogen-bond donors (Lipinski definition) is 4. The Hall–Kier alpha value is -1.43. The number of rotatable bonds is 3. The normalized spacial score (nSPS) is 12.1. The van der Waals surface area contributed by atoms with E-state index in [4.69, 9.17) is 11.1 Å². The van der Waals surface area contributed by atoms with Crippen molar-refractivity contribution in [3.63, 3.8) is 0 Å². The van der Waals surface area contributed by atoms with Crippen LogP contribution in [-0.2, 0) is 9.59 Å². The van der Waals surface area contributed by atoms with Crippen LogP contribution in [0.3, 0.4) is 0 Å². The average molecular weight is 144 g/mol. The lowest BCUT2D eigenvalue weighted by Crippen LogP contribution is -2.47. The zero-order valence-electron chi connectivity index (χ0n) is 5.13. The monoisotopic (exact) mass is 144 g/mol. The molecule has 0 aromatic rings. The van der Waals surface area contributed by atoms with Crippen molar-refractivity contribution < 1.29 is 9.59 Å². The first-order chi connectivity index (χ1) is 4.46. The fraction of sp³-hybridized carbons (Fsp3) is 0.250. The molecule has 0 heterocycles. The number of hydrogen-bond acceptors (Lipinski definition) is 4. The maximum atomic E-state index is 10.2. The van der Waals surface area contributed by atoms with Crippen molar-refractivity contribution in [1.82, 2.24) is 0 Å². The van der Waals surface area contributed by atoms with E-state index in [1.165, 1.54) is 0 Å². The van der Waals surface area contributed by atoms with Crippen LogP contribution in [0.4, 0.5) is 0 Å². The number of amides is 2. The van der Waals surface area contributed by atoms with Crippen molar-refractivity contribution in [2.45, 2.75) is 6.04 Å². The summed E-state index contributed by atoms with van der Waals surface area (Å²) in [6.07, 6.45) is 0. The predicted molar refractivity (Wildman–Crippen MR) is 34.1 cm³/mol. The zero-order valence-corrected chi connectivity index (χ0v) is 5.13. The highest BCUT2D eigenvalue weighted by Gasteiger charge is 2.19. The number of nitrogens with two attached hydrogens (primary N) is 3. The molecular formula is C4H8N4O2. The van der Waals surface area contributed by atoms with Gasteiger partial charge in [-0.2, -0.15) is 0 Å². The standard InChI is InChI=1S/C4H8N4O2/c5-1(3(7)9)2(6)4(8)10/h1,6H,5H2,(H2,7,9)(H2,8,10). The van der Waals surface area contributed by atoms with Gasteiger partial charge < -0.3 is 17.2 Å². The molecule has 6 heteroatoms. The smallest absolute Gasteiger partial charge is 0.264 e. The first-order valence-electron chi connectivity index (χ1n) is 2.40. The molecule has 10 heavy (non-hydrogen) atoms. The fourth-order valence-electron chi connectivity index (χ4n) is 0.296. The third kappa shape index (κ3) is 1.82. The molecule has 1 unspecified atom stereocenters. The summed E-state index contributed by atoms with van der Waals surface area (Å²) in [5.41, 5.74) is 13.6. The molecule has 0 aromatic carbocycles. The molecule has 56 valence electrons. The van der Waals surface area contributed by atoms with Crippen LogP contribution in [0.25, 0.3) is 0 Å². The minimum Gasteiger partial charge on any atom is -0.368 e. The van der Waals surface area contributed by atoms with Gasteiger partial charge in [0.1, 0.15) is 11.8 Å². The van der Waals surface area contributed by atoms with E-state index in [2.05, 4.69) is 11.5 Å². The Morgan fingerprint density at radius 1 is 1.30 bits per heavy atom. The molecule has 1 atom stereocenters. The van der Waals surface area contributed by atoms with Crippen LogP contribution >= 0.6 is 0 Å². The quantitative estimate of drug-likeness (QED) is 0.321. The van der Waals surface area contributed by atoms with Crippen molar-refractivity contribution in [1.29, 1.82) is 5.41 Å². The summed E-state index contributed by atoms with van der Waals surface area (Å²) in [5, 5.41) is 6.78. The van der Waals surface area contributed by atoms with Crippen LogP contribution < -0.4 is 17.2 Å². The molecule has 0 aliphatic heterocycles. The maximum absolute atomic E-state index is 10.2. The second kappa shape index (κ2) is 2.92. The van der Waals surface area contributed by atoms with E-state index in [0.717, 1.165) is 0 Å². The lowest BCUT2D eigenvalue weighted by molar-refractivity contribution is -0.119. The van der Waals surface area contributed by atoms with Gasteiger partial charge in [-0.05, 0) is 0 Å². The largest absolute Gasteiger partial charge is 0.368 e. The Morgan fingerprint density at radius 3 is 1.80 bits per heavy atom. The van der Waals surface area contributed by atoms with Gasteiger partial charge in [0.2, 0.25) is 5.91 Å². The van der Waals surface area contributed by atoms with E-state index in [9.17, 15) is 9.59 Å². The summed E-state index contributed by atoms with van der Waals surface area (Å²) in [7, 11) is 0. The Morgan fingerprint density at radius 2 is 1.70 bits per heavy atom. The Kier molecular flexibility index (Phi) is 2.51. The molecule has 0 aliphatic carbocycles. The molecular weight excluding hydrogens is 136 g/mol. The highest BCUT2D eigenvalue weighted by molar-refractivity contribution is 6.42. The molecule has 0 radical (unpaired) electrons. The Balaban J connectivity index is 4.22. The molecule has 0 spiro atoms. The number of carbonyl (C=O) groups is 2. The van der Waals surface area contributed by atoms with Gasteiger partial charge in [0.25, 0.3) is 5.91 Å². The summed E-state index contributed by atoms with van der Waals surface area (Å²) in [4.78, 5) is 20.3. The SMILES string of the molecule is N=C(C(N)=O)C(N)C(N)=O. The Bertz CT molecular complexity index is 188. The third-order valence-corrected chi connectivity index (χ3v) is 0.883. The molecule has 0 saturated heterocycles. The second-order valence-corrected chi connectivity index (χ2v) is 1.66. The molecule has 0 aliphatic rings. The summed E-state index contributed by atoms with van der Waals surface area (Å²) < 4.78 is 0. The van der Waals surface area contributed by atoms with Gasteiger partial charge in [0.15, 0.2) is 0 Å². The first kappa shape index (κ1) is 8.57. The fourth-order valence-corrected chi connectivity index (χ4v) is 0.296. The molecule has 0 rings (SSSR count). The van der Waals surface area contributed by atoms with Crippen LogP contribution in [0, 0.1) is 5.41 Å². The summed E-state index contributed by atoms with van der Waals surface area (Å²) >= 11 is 0. The van der Waals surface area contributed by atoms with E-state index in [0.29, 0.717) is 0 Å². The lowest BCUT2D eigenvalue weighted by Gasteiger charge is -2.03. The molecule has 0 bridgehead atoms. The van der Waals surface area contributed by atoms with Crippen molar-refractivity contribution in [2.24, 2.45) is 17.2 Å². The van der Waals surface area contributed by atoms with E-state index >= 15 is 0 Å². The minimum absolute atomic E-state index is 0.674. The molecule has 7 N–H and O–H groups in total. The van der Waals surface area contributed by atoms with Gasteiger partial charge >= 0.3 is 0 Å². The summed E-state index contributed by atoms with van der Waals surface area (Å²) in [6.45, 7) is 0. The van der Waals surface area contributed by atoms with Crippen LogP contribution in [-0.4, -0.2) is 23.6 Å². The molecule has 0 fully saturated rings. The second-order valence-electron chi connectivity index (χ2n) is 1.66. The van der Waals surface area contributed by atoms with Crippen LogP contribution in [0.1, 0.15) is 0 Å². The van der Waals surface area contributed by atoms with E-state index in [1.54, 1.807) is 0 Å². The minimum atomic E-state index is -1.39. The van der Waals surface area contributed by atoms with Gasteiger partial charge in [0.05, 0.1) is 0 Å². The molecule has 0 aromatic heterocycles. The summed E-state index contributed by atoms with van der Waals surface area (Å²) in [5.74, 6) is -1.98.